The highest BCUT2D eigenvalue weighted by atomic mass is 16.5. The molecule has 0 bridgehead atoms. The zero-order valence-corrected chi connectivity index (χ0v) is 14.7. The van der Waals surface area contributed by atoms with E-state index in [1.807, 2.05) is 62.4 Å². The molecule has 7 heteroatoms. The molecule has 0 N–H and O–H groups in total. The highest BCUT2D eigenvalue weighted by molar-refractivity contribution is 5.60. The number of aryl methyl sites for hydroxylation is 1. The first-order valence-electron chi connectivity index (χ1n) is 8.14. The Morgan fingerprint density at radius 2 is 1.77 bits per heavy atom. The Kier molecular flexibility index (Phi) is 3.96. The van der Waals surface area contributed by atoms with Crippen LogP contribution in [0.1, 0.15) is 11.3 Å². The van der Waals surface area contributed by atoms with Crippen LogP contribution in [0.5, 0.6) is 5.75 Å². The van der Waals surface area contributed by atoms with Crippen LogP contribution in [-0.2, 0) is 0 Å². The van der Waals surface area contributed by atoms with Crippen molar-refractivity contribution in [3.63, 3.8) is 0 Å². The molecule has 26 heavy (non-hydrogen) atoms. The number of hydrogen-bond donors (Lipinski definition) is 0. The second-order valence-electron chi connectivity index (χ2n) is 5.87. The first-order valence-corrected chi connectivity index (χ1v) is 8.14. The van der Waals surface area contributed by atoms with Gasteiger partial charge in [0.1, 0.15) is 5.75 Å². The van der Waals surface area contributed by atoms with Gasteiger partial charge in [0.15, 0.2) is 5.69 Å². The molecule has 0 saturated heterocycles. The maximum Gasteiger partial charge on any atom is 0.280 e. The van der Waals surface area contributed by atoms with Crippen molar-refractivity contribution in [2.75, 3.05) is 7.11 Å². The number of hydrogen-bond acceptors (Lipinski definition) is 6. The van der Waals surface area contributed by atoms with Gasteiger partial charge in [-0.2, -0.15) is 4.98 Å². The number of ether oxygens (including phenoxy) is 1. The topological polar surface area (TPSA) is 78.9 Å². The number of nitrogens with zero attached hydrogens (tertiary/aromatic N) is 5. The lowest BCUT2D eigenvalue weighted by molar-refractivity contribution is 0.414. The van der Waals surface area contributed by atoms with Gasteiger partial charge in [0.25, 0.3) is 5.89 Å². The third kappa shape index (κ3) is 2.73. The Hall–Kier alpha value is -3.48. The molecule has 2 aromatic heterocycles. The fourth-order valence-corrected chi connectivity index (χ4v) is 2.73. The Balaban J connectivity index is 1.69. The molecular weight excluding hydrogens is 330 g/mol. The molecule has 0 saturated carbocycles. The molecule has 7 nitrogen and oxygen atoms in total. The number of methoxy groups -OCH3 is 1. The summed E-state index contributed by atoms with van der Waals surface area (Å²) >= 11 is 0. The molecule has 0 aliphatic heterocycles. The average molecular weight is 347 g/mol. The van der Waals surface area contributed by atoms with Crippen LogP contribution in [-0.4, -0.2) is 32.2 Å². The highest BCUT2D eigenvalue weighted by Gasteiger charge is 2.19. The zero-order chi connectivity index (χ0) is 18.1. The third-order valence-corrected chi connectivity index (χ3v) is 4.22. The summed E-state index contributed by atoms with van der Waals surface area (Å²) in [5.41, 5.74) is 4.32. The van der Waals surface area contributed by atoms with Gasteiger partial charge in [-0.15, -0.1) is 5.10 Å². The smallest absolute Gasteiger partial charge is 0.280 e. The minimum absolute atomic E-state index is 0.341. The lowest BCUT2D eigenvalue weighted by Crippen LogP contribution is -2.01. The first kappa shape index (κ1) is 16.0. The Morgan fingerprint density at radius 1 is 1.00 bits per heavy atom. The van der Waals surface area contributed by atoms with Crippen molar-refractivity contribution < 1.29 is 9.26 Å². The molecule has 0 aliphatic carbocycles. The molecule has 0 aliphatic rings. The maximum absolute atomic E-state index is 5.41. The molecule has 0 atom stereocenters. The lowest BCUT2D eigenvalue weighted by atomic mass is 10.2. The monoisotopic (exact) mass is 347 g/mol. The van der Waals surface area contributed by atoms with Crippen molar-refractivity contribution in [3.8, 4) is 34.4 Å². The van der Waals surface area contributed by atoms with Gasteiger partial charge in [0.05, 0.1) is 18.5 Å². The Labute approximate surface area is 150 Å². The van der Waals surface area contributed by atoms with E-state index in [1.54, 1.807) is 11.8 Å². The van der Waals surface area contributed by atoms with E-state index in [0.29, 0.717) is 17.4 Å². The molecule has 0 radical (unpaired) electrons. The minimum atomic E-state index is 0.341. The van der Waals surface area contributed by atoms with Crippen molar-refractivity contribution in [3.05, 3.63) is 59.8 Å². The van der Waals surface area contributed by atoms with Gasteiger partial charge in [-0.25, -0.2) is 4.68 Å². The van der Waals surface area contributed by atoms with Gasteiger partial charge in [-0.05, 0) is 49.7 Å². The van der Waals surface area contributed by atoms with E-state index in [9.17, 15) is 0 Å². The Morgan fingerprint density at radius 3 is 2.50 bits per heavy atom. The van der Waals surface area contributed by atoms with Crippen LogP contribution in [0.3, 0.4) is 0 Å². The van der Waals surface area contributed by atoms with Gasteiger partial charge < -0.3 is 9.26 Å². The van der Waals surface area contributed by atoms with Gasteiger partial charge >= 0.3 is 0 Å². The standard InChI is InChI=1S/C19H17N5O2/c1-12-6-4-5-7-16(12)24-13(2)17(21-23-24)19-20-18(22-26-19)14-8-10-15(25-3)11-9-14/h4-11H,1-3H3. The summed E-state index contributed by atoms with van der Waals surface area (Å²) in [6.45, 7) is 3.96. The molecule has 0 fully saturated rings. The summed E-state index contributed by atoms with van der Waals surface area (Å²) in [5, 5.41) is 12.5. The van der Waals surface area contributed by atoms with Crippen LogP contribution in [0.4, 0.5) is 0 Å². The van der Waals surface area contributed by atoms with E-state index in [4.69, 9.17) is 9.26 Å². The summed E-state index contributed by atoms with van der Waals surface area (Å²) in [6, 6.07) is 15.5. The summed E-state index contributed by atoms with van der Waals surface area (Å²) < 4.78 is 12.4. The van der Waals surface area contributed by atoms with Crippen LogP contribution in [0.15, 0.2) is 53.1 Å². The van der Waals surface area contributed by atoms with Crippen LogP contribution in [0.2, 0.25) is 0 Å². The number of aromatic nitrogens is 5. The SMILES string of the molecule is COc1ccc(-c2noc(-c3nnn(-c4ccccc4C)c3C)n2)cc1. The molecular formula is C19H17N5O2. The fourth-order valence-electron chi connectivity index (χ4n) is 2.73. The molecule has 4 rings (SSSR count). The molecule has 2 heterocycles. The van der Waals surface area contributed by atoms with E-state index < -0.39 is 0 Å². The predicted molar refractivity (Wildman–Crippen MR) is 96.1 cm³/mol. The molecule has 2 aromatic carbocycles. The number of para-hydroxylation sites is 1. The van der Waals surface area contributed by atoms with Crippen LogP contribution >= 0.6 is 0 Å². The van der Waals surface area contributed by atoms with Gasteiger partial charge in [-0.3, -0.25) is 0 Å². The second kappa shape index (κ2) is 6.44. The normalized spacial score (nSPS) is 10.9. The van der Waals surface area contributed by atoms with E-state index >= 15 is 0 Å². The molecule has 0 unspecified atom stereocenters. The van der Waals surface area contributed by atoms with E-state index in [1.165, 1.54) is 0 Å². The number of rotatable bonds is 4. The quantitative estimate of drug-likeness (QED) is 0.561. The van der Waals surface area contributed by atoms with E-state index in [0.717, 1.165) is 28.3 Å². The van der Waals surface area contributed by atoms with Crippen LogP contribution in [0, 0.1) is 13.8 Å². The maximum atomic E-state index is 5.41. The second-order valence-corrected chi connectivity index (χ2v) is 5.87. The minimum Gasteiger partial charge on any atom is -0.497 e. The summed E-state index contributed by atoms with van der Waals surface area (Å²) in [5.74, 6) is 1.61. The largest absolute Gasteiger partial charge is 0.497 e. The van der Waals surface area contributed by atoms with Crippen molar-refractivity contribution in [1.29, 1.82) is 0 Å². The van der Waals surface area contributed by atoms with Crippen molar-refractivity contribution in [2.24, 2.45) is 0 Å². The summed E-state index contributed by atoms with van der Waals surface area (Å²) in [6.07, 6.45) is 0. The molecule has 4 aromatic rings. The summed E-state index contributed by atoms with van der Waals surface area (Å²) in [7, 11) is 1.63. The predicted octanol–water partition coefficient (Wildman–Crippen LogP) is 3.61. The van der Waals surface area contributed by atoms with Gasteiger partial charge in [-0.1, -0.05) is 28.6 Å². The van der Waals surface area contributed by atoms with E-state index in [-0.39, 0.29) is 0 Å². The van der Waals surface area contributed by atoms with Crippen LogP contribution in [0.25, 0.3) is 28.7 Å². The average Bonchev–Trinajstić information content (AvgIpc) is 3.29. The van der Waals surface area contributed by atoms with Crippen LogP contribution < -0.4 is 4.74 Å². The first-order chi connectivity index (χ1) is 12.7. The third-order valence-electron chi connectivity index (χ3n) is 4.22. The van der Waals surface area contributed by atoms with E-state index in [2.05, 4.69) is 20.5 Å². The van der Waals surface area contributed by atoms with Crippen molar-refractivity contribution in [1.82, 2.24) is 25.1 Å². The molecule has 0 spiro atoms. The highest BCUT2D eigenvalue weighted by Crippen LogP contribution is 2.26. The van der Waals surface area contributed by atoms with Gasteiger partial charge in [0, 0.05) is 5.56 Å². The fraction of sp³-hybridized carbons (Fsp3) is 0.158. The molecule has 0 amide bonds. The van der Waals surface area contributed by atoms with Crippen molar-refractivity contribution in [2.45, 2.75) is 13.8 Å². The zero-order valence-electron chi connectivity index (χ0n) is 14.7. The Bertz CT molecular complexity index is 1050. The molecule has 130 valence electrons. The number of benzene rings is 2. The van der Waals surface area contributed by atoms with Gasteiger partial charge in [0.2, 0.25) is 5.82 Å². The lowest BCUT2D eigenvalue weighted by Gasteiger charge is -2.06. The van der Waals surface area contributed by atoms with Crippen molar-refractivity contribution >= 4 is 0 Å². The summed E-state index contributed by atoms with van der Waals surface area (Å²) in [4.78, 5) is 4.46.